The van der Waals surface area contributed by atoms with Gasteiger partial charge in [0.25, 0.3) is 0 Å². The number of hydrogen-bond acceptors (Lipinski definition) is 4. The quantitative estimate of drug-likeness (QED) is 0.556. The molecule has 0 N–H and O–H groups in total. The molecule has 3 atom stereocenters. The lowest BCUT2D eigenvalue weighted by atomic mass is 9.89. The Morgan fingerprint density at radius 2 is 2.15 bits per heavy atom. The molecule has 1 aliphatic rings. The summed E-state index contributed by atoms with van der Waals surface area (Å²) in [5, 5.41) is 0. The van der Waals surface area contributed by atoms with E-state index in [0.717, 1.165) is 0 Å². The summed E-state index contributed by atoms with van der Waals surface area (Å²) in [4.78, 5) is 22.6. The van der Waals surface area contributed by atoms with Gasteiger partial charge in [-0.1, -0.05) is 13.8 Å². The summed E-state index contributed by atoms with van der Waals surface area (Å²) in [5.74, 6) is -0.901. The SMILES string of the molecule is COC(=O)C1OCC(C)C(=O)C1C. The molecule has 4 nitrogen and oxygen atoms in total. The second-order valence-corrected chi connectivity index (χ2v) is 3.37. The van der Waals surface area contributed by atoms with Crippen molar-refractivity contribution in [1.29, 1.82) is 0 Å². The molecule has 1 heterocycles. The Kier molecular flexibility index (Phi) is 3.03. The number of ketones is 1. The zero-order chi connectivity index (χ0) is 10.0. The van der Waals surface area contributed by atoms with Crippen LogP contribution in [-0.4, -0.2) is 31.6 Å². The van der Waals surface area contributed by atoms with Gasteiger partial charge in [0.15, 0.2) is 6.10 Å². The van der Waals surface area contributed by atoms with Crippen LogP contribution in [0.15, 0.2) is 0 Å². The highest BCUT2D eigenvalue weighted by atomic mass is 16.6. The first-order valence-electron chi connectivity index (χ1n) is 4.31. The Balaban J connectivity index is 2.69. The van der Waals surface area contributed by atoms with E-state index in [1.807, 2.05) is 0 Å². The topological polar surface area (TPSA) is 52.6 Å². The zero-order valence-corrected chi connectivity index (χ0v) is 8.07. The first-order chi connectivity index (χ1) is 6.07. The lowest BCUT2D eigenvalue weighted by Gasteiger charge is -2.29. The minimum Gasteiger partial charge on any atom is -0.467 e. The Morgan fingerprint density at radius 1 is 1.54 bits per heavy atom. The van der Waals surface area contributed by atoms with Crippen LogP contribution in [0.25, 0.3) is 0 Å². The van der Waals surface area contributed by atoms with Crippen molar-refractivity contribution in [2.24, 2.45) is 11.8 Å². The van der Waals surface area contributed by atoms with Crippen LogP contribution in [0.4, 0.5) is 0 Å². The number of hydrogen-bond donors (Lipinski definition) is 0. The van der Waals surface area contributed by atoms with Gasteiger partial charge in [-0.05, 0) is 0 Å². The molecule has 1 aliphatic heterocycles. The number of Topliss-reactive ketones (excluding diaryl/α,β-unsaturated/α-hetero) is 1. The van der Waals surface area contributed by atoms with Crippen molar-refractivity contribution >= 4 is 11.8 Å². The average molecular weight is 186 g/mol. The fourth-order valence-electron chi connectivity index (χ4n) is 1.46. The van der Waals surface area contributed by atoms with Crippen molar-refractivity contribution in [3.8, 4) is 0 Å². The number of ether oxygens (including phenoxy) is 2. The molecule has 0 radical (unpaired) electrons. The number of esters is 1. The molecule has 0 spiro atoms. The van der Waals surface area contributed by atoms with Crippen LogP contribution in [0.5, 0.6) is 0 Å². The molecule has 0 saturated carbocycles. The molecule has 0 bridgehead atoms. The Hall–Kier alpha value is -0.900. The van der Waals surface area contributed by atoms with Gasteiger partial charge < -0.3 is 9.47 Å². The van der Waals surface area contributed by atoms with Gasteiger partial charge >= 0.3 is 5.97 Å². The van der Waals surface area contributed by atoms with Gasteiger partial charge in [0, 0.05) is 5.92 Å². The van der Waals surface area contributed by atoms with Crippen LogP contribution in [-0.2, 0) is 19.1 Å². The monoisotopic (exact) mass is 186 g/mol. The highest BCUT2D eigenvalue weighted by Crippen LogP contribution is 2.21. The van der Waals surface area contributed by atoms with E-state index in [1.54, 1.807) is 13.8 Å². The van der Waals surface area contributed by atoms with E-state index in [2.05, 4.69) is 4.74 Å². The molecule has 0 aromatic heterocycles. The number of carbonyl (C=O) groups is 2. The maximum absolute atomic E-state index is 11.5. The molecule has 0 amide bonds. The highest BCUT2D eigenvalue weighted by Gasteiger charge is 2.38. The zero-order valence-electron chi connectivity index (χ0n) is 8.07. The third-order valence-electron chi connectivity index (χ3n) is 2.35. The maximum Gasteiger partial charge on any atom is 0.335 e. The molecular formula is C9H14O4. The molecule has 0 aromatic carbocycles. The lowest BCUT2D eigenvalue weighted by molar-refractivity contribution is -0.168. The van der Waals surface area contributed by atoms with E-state index in [9.17, 15) is 9.59 Å². The Bertz CT molecular complexity index is 224. The summed E-state index contributed by atoms with van der Waals surface area (Å²) >= 11 is 0. The Labute approximate surface area is 77.2 Å². The fourth-order valence-corrected chi connectivity index (χ4v) is 1.46. The van der Waals surface area contributed by atoms with Gasteiger partial charge in [0.05, 0.1) is 19.6 Å². The van der Waals surface area contributed by atoms with E-state index >= 15 is 0 Å². The van der Waals surface area contributed by atoms with Gasteiger partial charge in [-0.15, -0.1) is 0 Å². The second kappa shape index (κ2) is 3.87. The molecular weight excluding hydrogens is 172 g/mol. The van der Waals surface area contributed by atoms with Crippen molar-refractivity contribution < 1.29 is 19.1 Å². The van der Waals surface area contributed by atoms with Crippen molar-refractivity contribution in [2.75, 3.05) is 13.7 Å². The van der Waals surface area contributed by atoms with Gasteiger partial charge in [0.1, 0.15) is 5.78 Å². The molecule has 3 unspecified atom stereocenters. The molecule has 13 heavy (non-hydrogen) atoms. The summed E-state index contributed by atoms with van der Waals surface area (Å²) in [6, 6.07) is 0. The summed E-state index contributed by atoms with van der Waals surface area (Å²) < 4.78 is 9.76. The average Bonchev–Trinajstić information content (AvgIpc) is 2.13. The third-order valence-corrected chi connectivity index (χ3v) is 2.35. The molecule has 0 aromatic rings. The molecule has 74 valence electrons. The standard InChI is InChI=1S/C9H14O4/c1-5-4-13-8(9(11)12-3)6(2)7(5)10/h5-6,8H,4H2,1-3H3. The van der Waals surface area contributed by atoms with E-state index < -0.39 is 18.0 Å². The highest BCUT2D eigenvalue weighted by molar-refractivity contribution is 5.90. The molecule has 4 heteroatoms. The summed E-state index contributed by atoms with van der Waals surface area (Å²) in [6.07, 6.45) is -0.714. The summed E-state index contributed by atoms with van der Waals surface area (Å²) in [6.45, 7) is 3.80. The van der Waals surface area contributed by atoms with Crippen molar-refractivity contribution in [3.63, 3.8) is 0 Å². The van der Waals surface area contributed by atoms with E-state index in [1.165, 1.54) is 7.11 Å². The second-order valence-electron chi connectivity index (χ2n) is 3.37. The minimum absolute atomic E-state index is 0.0710. The maximum atomic E-state index is 11.5. The molecule has 1 saturated heterocycles. The predicted molar refractivity (Wildman–Crippen MR) is 45.1 cm³/mol. The first kappa shape index (κ1) is 10.2. The van der Waals surface area contributed by atoms with Gasteiger partial charge in [-0.3, -0.25) is 4.79 Å². The number of carbonyl (C=O) groups excluding carboxylic acids is 2. The predicted octanol–water partition coefficient (Wildman–Crippen LogP) is 0.399. The van der Waals surface area contributed by atoms with E-state index in [0.29, 0.717) is 6.61 Å². The summed E-state index contributed by atoms with van der Waals surface area (Å²) in [7, 11) is 1.29. The molecule has 0 aliphatic carbocycles. The lowest BCUT2D eigenvalue weighted by Crippen LogP contribution is -2.45. The molecule has 1 fully saturated rings. The fraction of sp³-hybridized carbons (Fsp3) is 0.778. The summed E-state index contributed by atoms with van der Waals surface area (Å²) in [5.41, 5.74) is 0. The normalized spacial score (nSPS) is 34.4. The minimum atomic E-state index is -0.714. The van der Waals surface area contributed by atoms with E-state index in [4.69, 9.17) is 4.74 Å². The number of rotatable bonds is 1. The van der Waals surface area contributed by atoms with Crippen LogP contribution >= 0.6 is 0 Å². The van der Waals surface area contributed by atoms with Crippen molar-refractivity contribution in [2.45, 2.75) is 20.0 Å². The largest absolute Gasteiger partial charge is 0.467 e. The van der Waals surface area contributed by atoms with Crippen LogP contribution in [0.2, 0.25) is 0 Å². The smallest absolute Gasteiger partial charge is 0.335 e. The van der Waals surface area contributed by atoms with Gasteiger partial charge in [0.2, 0.25) is 0 Å². The third kappa shape index (κ3) is 1.88. The first-order valence-corrected chi connectivity index (χ1v) is 4.31. The van der Waals surface area contributed by atoms with Crippen LogP contribution < -0.4 is 0 Å². The molecule has 1 rings (SSSR count). The van der Waals surface area contributed by atoms with Crippen molar-refractivity contribution in [1.82, 2.24) is 0 Å². The van der Waals surface area contributed by atoms with Crippen LogP contribution in [0, 0.1) is 11.8 Å². The van der Waals surface area contributed by atoms with E-state index in [-0.39, 0.29) is 11.7 Å². The Morgan fingerprint density at radius 3 is 2.69 bits per heavy atom. The van der Waals surface area contributed by atoms with Crippen molar-refractivity contribution in [3.05, 3.63) is 0 Å². The van der Waals surface area contributed by atoms with Gasteiger partial charge in [-0.25, -0.2) is 4.79 Å². The van der Waals surface area contributed by atoms with Crippen LogP contribution in [0.3, 0.4) is 0 Å². The van der Waals surface area contributed by atoms with Crippen LogP contribution in [0.1, 0.15) is 13.8 Å². The number of methoxy groups -OCH3 is 1. The van der Waals surface area contributed by atoms with Gasteiger partial charge in [-0.2, -0.15) is 0 Å².